The Morgan fingerprint density at radius 3 is 2.71 bits per heavy atom. The fourth-order valence-corrected chi connectivity index (χ4v) is 4.49. The summed E-state index contributed by atoms with van der Waals surface area (Å²) in [5.74, 6) is 0.539. The van der Waals surface area contributed by atoms with Gasteiger partial charge in [0.2, 0.25) is 10.0 Å². The van der Waals surface area contributed by atoms with Crippen molar-refractivity contribution in [2.45, 2.75) is 31.1 Å². The van der Waals surface area contributed by atoms with Gasteiger partial charge in [0.15, 0.2) is 0 Å². The molecule has 0 bridgehead atoms. The number of fused-ring (bicyclic) bond motifs is 1. The van der Waals surface area contributed by atoms with Crippen molar-refractivity contribution in [2.75, 3.05) is 26.7 Å². The lowest BCUT2D eigenvalue weighted by Crippen LogP contribution is -2.40. The number of aromatic nitrogens is 2. The molecule has 0 amide bonds. The minimum Gasteiger partial charge on any atom is -0.336 e. The third-order valence-corrected chi connectivity index (χ3v) is 6.28. The highest BCUT2D eigenvalue weighted by molar-refractivity contribution is 7.89. The molecule has 9 heteroatoms. The second-order valence-electron chi connectivity index (χ2n) is 5.91. The molecule has 2 aromatic heterocycles. The Morgan fingerprint density at radius 2 is 2.08 bits per heavy atom. The molecule has 0 atom stereocenters. The van der Waals surface area contributed by atoms with Gasteiger partial charge in [0.25, 0.3) is 5.71 Å². The van der Waals surface area contributed by atoms with Crippen molar-refractivity contribution in [2.24, 2.45) is 5.92 Å². The Kier molecular flexibility index (Phi) is 6.19. The quantitative estimate of drug-likeness (QED) is 0.858. The van der Waals surface area contributed by atoms with Gasteiger partial charge < -0.3 is 9.84 Å². The van der Waals surface area contributed by atoms with E-state index in [1.807, 2.05) is 14.0 Å². The highest BCUT2D eigenvalue weighted by Crippen LogP contribution is 2.26. The standard InChI is InChI=1S/C15H22N4O3S.ClH/c1-3-14-13-8-12(10-17-15(13)22-18-14)23(20,21)19-6-4-11(5-7-19)9-16-2;/h8,10-11,16H,3-7,9H2,1-2H3;1H. The van der Waals surface area contributed by atoms with Crippen molar-refractivity contribution in [3.05, 3.63) is 18.0 Å². The maximum Gasteiger partial charge on any atom is 0.258 e. The summed E-state index contributed by atoms with van der Waals surface area (Å²) in [6.07, 6.45) is 3.79. The number of hydrogen-bond donors (Lipinski definition) is 1. The highest BCUT2D eigenvalue weighted by Gasteiger charge is 2.30. The van der Waals surface area contributed by atoms with Gasteiger partial charge in [0.1, 0.15) is 4.90 Å². The van der Waals surface area contributed by atoms with Crippen LogP contribution < -0.4 is 5.32 Å². The van der Waals surface area contributed by atoms with Gasteiger partial charge in [-0.1, -0.05) is 12.1 Å². The predicted molar refractivity (Wildman–Crippen MR) is 93.8 cm³/mol. The topological polar surface area (TPSA) is 88.3 Å². The number of hydrogen-bond acceptors (Lipinski definition) is 6. The molecule has 3 heterocycles. The zero-order valence-corrected chi connectivity index (χ0v) is 15.5. The van der Waals surface area contributed by atoms with Gasteiger partial charge in [-0.2, -0.15) is 4.31 Å². The van der Waals surface area contributed by atoms with E-state index in [-0.39, 0.29) is 17.3 Å². The van der Waals surface area contributed by atoms with E-state index in [2.05, 4.69) is 15.5 Å². The minimum atomic E-state index is -3.51. The lowest BCUT2D eigenvalue weighted by atomic mass is 9.98. The van der Waals surface area contributed by atoms with Gasteiger partial charge in [-0.3, -0.25) is 0 Å². The van der Waals surface area contributed by atoms with Crippen LogP contribution in [-0.2, 0) is 16.4 Å². The number of sulfonamides is 1. The average molecular weight is 375 g/mol. The summed E-state index contributed by atoms with van der Waals surface area (Å²) >= 11 is 0. The van der Waals surface area contributed by atoms with Crippen molar-refractivity contribution >= 4 is 33.5 Å². The summed E-state index contributed by atoms with van der Waals surface area (Å²) in [6, 6.07) is 1.63. The number of piperidine rings is 1. The smallest absolute Gasteiger partial charge is 0.258 e. The van der Waals surface area contributed by atoms with Crippen LogP contribution in [0.15, 0.2) is 21.7 Å². The van der Waals surface area contributed by atoms with Crippen LogP contribution in [0.5, 0.6) is 0 Å². The lowest BCUT2D eigenvalue weighted by molar-refractivity contribution is 0.270. The van der Waals surface area contributed by atoms with E-state index in [9.17, 15) is 8.42 Å². The SMILES string of the molecule is CCc1noc2ncc(S(=O)(=O)N3CCC(CNC)CC3)cc12.Cl. The molecule has 2 aromatic rings. The monoisotopic (exact) mass is 374 g/mol. The van der Waals surface area contributed by atoms with Gasteiger partial charge in [0, 0.05) is 13.1 Å². The zero-order valence-electron chi connectivity index (χ0n) is 13.9. The Balaban J connectivity index is 0.00000208. The van der Waals surface area contributed by atoms with Crippen LogP contribution in [0.25, 0.3) is 11.1 Å². The zero-order chi connectivity index (χ0) is 16.4. The number of nitrogens with zero attached hydrogens (tertiary/aromatic N) is 3. The molecule has 1 fully saturated rings. The maximum atomic E-state index is 12.8. The average Bonchev–Trinajstić information content (AvgIpc) is 2.98. The molecule has 0 aromatic carbocycles. The fourth-order valence-electron chi connectivity index (χ4n) is 3.05. The molecular formula is C15H23ClN4O3S. The molecule has 1 N–H and O–H groups in total. The number of aryl methyl sites for hydroxylation is 1. The summed E-state index contributed by atoms with van der Waals surface area (Å²) in [7, 11) is -1.59. The molecule has 0 saturated carbocycles. The Hall–Kier alpha value is -1.22. The second-order valence-corrected chi connectivity index (χ2v) is 7.85. The molecule has 0 radical (unpaired) electrons. The van der Waals surface area contributed by atoms with E-state index >= 15 is 0 Å². The first-order valence-corrected chi connectivity index (χ1v) is 9.39. The van der Waals surface area contributed by atoms with E-state index < -0.39 is 10.0 Å². The third-order valence-electron chi connectivity index (χ3n) is 4.42. The largest absolute Gasteiger partial charge is 0.336 e. The summed E-state index contributed by atoms with van der Waals surface area (Å²) in [6.45, 7) is 3.99. The minimum absolute atomic E-state index is 0. The molecule has 0 spiro atoms. The van der Waals surface area contributed by atoms with Crippen LogP contribution in [0.2, 0.25) is 0 Å². The number of rotatable bonds is 5. The van der Waals surface area contributed by atoms with E-state index in [1.54, 1.807) is 10.4 Å². The van der Waals surface area contributed by atoms with E-state index in [4.69, 9.17) is 4.52 Å². The van der Waals surface area contributed by atoms with Gasteiger partial charge in [-0.05, 0) is 44.8 Å². The predicted octanol–water partition coefficient (Wildman–Crippen LogP) is 1.83. The van der Waals surface area contributed by atoms with Crippen molar-refractivity contribution in [3.8, 4) is 0 Å². The fraction of sp³-hybridized carbons (Fsp3) is 0.600. The number of nitrogens with one attached hydrogen (secondary N) is 1. The van der Waals surface area contributed by atoms with Crippen LogP contribution in [0.3, 0.4) is 0 Å². The van der Waals surface area contributed by atoms with Gasteiger partial charge in [-0.15, -0.1) is 12.4 Å². The summed E-state index contributed by atoms with van der Waals surface area (Å²) in [5.41, 5.74) is 1.12. The first kappa shape index (κ1) is 19.1. The van der Waals surface area contributed by atoms with Crippen LogP contribution >= 0.6 is 12.4 Å². The van der Waals surface area contributed by atoms with Crippen LogP contribution in [0.1, 0.15) is 25.5 Å². The van der Waals surface area contributed by atoms with Gasteiger partial charge in [0.05, 0.1) is 17.3 Å². The van der Waals surface area contributed by atoms with Gasteiger partial charge in [-0.25, -0.2) is 13.4 Å². The van der Waals surface area contributed by atoms with E-state index in [0.29, 0.717) is 36.5 Å². The lowest BCUT2D eigenvalue weighted by Gasteiger charge is -2.31. The normalized spacial score (nSPS) is 17.1. The first-order valence-electron chi connectivity index (χ1n) is 7.95. The molecule has 1 saturated heterocycles. The molecule has 3 rings (SSSR count). The summed E-state index contributed by atoms with van der Waals surface area (Å²) in [4.78, 5) is 4.33. The second kappa shape index (κ2) is 7.77. The highest BCUT2D eigenvalue weighted by atomic mass is 35.5. The summed E-state index contributed by atoms with van der Waals surface area (Å²) < 4.78 is 32.3. The molecule has 7 nitrogen and oxygen atoms in total. The molecule has 1 aliphatic heterocycles. The molecular weight excluding hydrogens is 352 g/mol. The first-order chi connectivity index (χ1) is 11.1. The van der Waals surface area contributed by atoms with Crippen LogP contribution in [0, 0.1) is 5.92 Å². The van der Waals surface area contributed by atoms with Crippen LogP contribution in [-0.4, -0.2) is 49.5 Å². The van der Waals surface area contributed by atoms with Crippen molar-refractivity contribution in [3.63, 3.8) is 0 Å². The maximum absolute atomic E-state index is 12.8. The number of pyridine rings is 1. The Labute approximate surface area is 148 Å². The van der Waals surface area contributed by atoms with Crippen molar-refractivity contribution in [1.29, 1.82) is 0 Å². The molecule has 24 heavy (non-hydrogen) atoms. The Bertz CT molecular complexity index is 785. The van der Waals surface area contributed by atoms with Gasteiger partial charge >= 0.3 is 0 Å². The number of halogens is 1. The third kappa shape index (κ3) is 3.56. The van der Waals surface area contributed by atoms with Crippen LogP contribution in [0.4, 0.5) is 0 Å². The summed E-state index contributed by atoms with van der Waals surface area (Å²) in [5, 5.41) is 7.76. The van der Waals surface area contributed by atoms with Crippen molar-refractivity contribution < 1.29 is 12.9 Å². The molecule has 0 aliphatic carbocycles. The Morgan fingerprint density at radius 1 is 1.38 bits per heavy atom. The van der Waals surface area contributed by atoms with E-state index in [0.717, 1.165) is 25.1 Å². The molecule has 0 unspecified atom stereocenters. The molecule has 1 aliphatic rings. The van der Waals surface area contributed by atoms with E-state index in [1.165, 1.54) is 6.20 Å². The van der Waals surface area contributed by atoms with Crippen molar-refractivity contribution in [1.82, 2.24) is 19.8 Å². The molecule has 134 valence electrons.